The summed E-state index contributed by atoms with van der Waals surface area (Å²) in [5, 5.41) is 11.2. The summed E-state index contributed by atoms with van der Waals surface area (Å²) in [5.74, 6) is -0.897. The minimum atomic E-state index is -0.897. The predicted molar refractivity (Wildman–Crippen MR) is 69.0 cm³/mol. The highest BCUT2D eigenvalue weighted by Gasteiger charge is 2.39. The summed E-state index contributed by atoms with van der Waals surface area (Å²) >= 11 is 0. The molecular formula is C13H22N2O4. The minimum absolute atomic E-state index is 0.0405. The van der Waals surface area contributed by atoms with Crippen LogP contribution in [0.1, 0.15) is 38.5 Å². The molecule has 0 unspecified atom stereocenters. The fourth-order valence-corrected chi connectivity index (χ4v) is 2.90. The fourth-order valence-electron chi connectivity index (χ4n) is 2.90. The van der Waals surface area contributed by atoms with Gasteiger partial charge in [0, 0.05) is 13.1 Å². The Morgan fingerprint density at radius 3 is 2.68 bits per heavy atom. The number of amides is 2. The van der Waals surface area contributed by atoms with Crippen LogP contribution in [0.5, 0.6) is 0 Å². The van der Waals surface area contributed by atoms with Crippen molar-refractivity contribution in [3.8, 4) is 0 Å². The van der Waals surface area contributed by atoms with E-state index in [2.05, 4.69) is 5.32 Å². The van der Waals surface area contributed by atoms with Crippen LogP contribution in [-0.4, -0.2) is 53.8 Å². The summed E-state index contributed by atoms with van der Waals surface area (Å²) in [7, 11) is 0. The molecule has 108 valence electrons. The van der Waals surface area contributed by atoms with Crippen molar-refractivity contribution in [2.45, 2.75) is 44.1 Å². The number of nitrogens with zero attached hydrogens (tertiary/aromatic N) is 1. The van der Waals surface area contributed by atoms with E-state index in [-0.39, 0.29) is 24.6 Å². The van der Waals surface area contributed by atoms with Gasteiger partial charge < -0.3 is 20.1 Å². The summed E-state index contributed by atoms with van der Waals surface area (Å²) in [6, 6.07) is -0.172. The first-order chi connectivity index (χ1) is 9.11. The van der Waals surface area contributed by atoms with E-state index in [0.717, 1.165) is 25.7 Å². The summed E-state index contributed by atoms with van der Waals surface area (Å²) in [5.41, 5.74) is -0.152. The summed E-state index contributed by atoms with van der Waals surface area (Å²) < 4.78 is 5.91. The molecule has 0 aromatic heterocycles. The smallest absolute Gasteiger partial charge is 0.317 e. The molecule has 1 saturated carbocycles. The number of carbonyl (C=O) groups is 2. The predicted octanol–water partition coefficient (Wildman–Crippen LogP) is 1.21. The van der Waals surface area contributed by atoms with Crippen molar-refractivity contribution < 1.29 is 19.4 Å². The molecule has 2 rings (SSSR count). The van der Waals surface area contributed by atoms with Crippen LogP contribution in [0.25, 0.3) is 0 Å². The second-order valence-electron chi connectivity index (χ2n) is 5.39. The van der Waals surface area contributed by atoms with E-state index in [9.17, 15) is 9.59 Å². The Balaban J connectivity index is 1.82. The number of carboxylic acids is 1. The topological polar surface area (TPSA) is 78.9 Å². The lowest BCUT2D eigenvalue weighted by atomic mass is 9.83. The van der Waals surface area contributed by atoms with Crippen LogP contribution in [-0.2, 0) is 9.53 Å². The van der Waals surface area contributed by atoms with Crippen molar-refractivity contribution in [1.82, 2.24) is 10.2 Å². The largest absolute Gasteiger partial charge is 0.481 e. The summed E-state index contributed by atoms with van der Waals surface area (Å²) in [6.45, 7) is 1.97. The van der Waals surface area contributed by atoms with Gasteiger partial charge in [0.2, 0.25) is 0 Å². The molecule has 19 heavy (non-hydrogen) atoms. The van der Waals surface area contributed by atoms with Gasteiger partial charge in [0.15, 0.2) is 0 Å². The molecule has 2 fully saturated rings. The lowest BCUT2D eigenvalue weighted by Crippen LogP contribution is -2.56. The second kappa shape index (κ2) is 6.23. The van der Waals surface area contributed by atoms with E-state index >= 15 is 0 Å². The van der Waals surface area contributed by atoms with Gasteiger partial charge in [0.25, 0.3) is 0 Å². The molecule has 1 saturated heterocycles. The fraction of sp³-hybridized carbons (Fsp3) is 0.846. The zero-order valence-electron chi connectivity index (χ0n) is 11.2. The molecule has 0 aromatic carbocycles. The molecule has 1 aliphatic heterocycles. The van der Waals surface area contributed by atoms with Crippen LogP contribution >= 0.6 is 0 Å². The van der Waals surface area contributed by atoms with Crippen molar-refractivity contribution in [3.05, 3.63) is 0 Å². The first-order valence-corrected chi connectivity index (χ1v) is 7.00. The van der Waals surface area contributed by atoms with Gasteiger partial charge in [-0.3, -0.25) is 4.79 Å². The summed E-state index contributed by atoms with van der Waals surface area (Å²) in [4.78, 5) is 24.1. The Labute approximate surface area is 113 Å². The zero-order chi connectivity index (χ0) is 13.7. The minimum Gasteiger partial charge on any atom is -0.481 e. The Morgan fingerprint density at radius 2 is 2.00 bits per heavy atom. The number of hydrogen-bond donors (Lipinski definition) is 2. The number of carbonyl (C=O) groups excluding carboxylic acids is 1. The Hall–Kier alpha value is -1.30. The molecular weight excluding hydrogens is 248 g/mol. The van der Waals surface area contributed by atoms with Crippen LogP contribution in [0.15, 0.2) is 0 Å². The van der Waals surface area contributed by atoms with Crippen LogP contribution in [0.3, 0.4) is 0 Å². The van der Waals surface area contributed by atoms with Crippen molar-refractivity contribution in [2.75, 3.05) is 26.2 Å². The van der Waals surface area contributed by atoms with Gasteiger partial charge in [0.05, 0.1) is 25.2 Å². The molecule has 2 amide bonds. The van der Waals surface area contributed by atoms with Gasteiger partial charge in [-0.05, 0) is 12.8 Å². The van der Waals surface area contributed by atoms with Crippen molar-refractivity contribution in [2.24, 2.45) is 0 Å². The molecule has 0 aromatic rings. The van der Waals surface area contributed by atoms with E-state index in [0.29, 0.717) is 19.7 Å². The van der Waals surface area contributed by atoms with E-state index in [1.807, 2.05) is 0 Å². The highest BCUT2D eigenvalue weighted by Crippen LogP contribution is 2.34. The van der Waals surface area contributed by atoms with E-state index < -0.39 is 5.97 Å². The van der Waals surface area contributed by atoms with Crippen LogP contribution < -0.4 is 5.32 Å². The summed E-state index contributed by atoms with van der Waals surface area (Å²) in [6.07, 6.45) is 5.57. The lowest BCUT2D eigenvalue weighted by Gasteiger charge is -2.44. The molecule has 0 radical (unpaired) electrons. The normalized spacial score (nSPS) is 22.2. The molecule has 1 heterocycles. The van der Waals surface area contributed by atoms with Gasteiger partial charge in [-0.1, -0.05) is 19.3 Å². The maximum absolute atomic E-state index is 12.0. The Bertz CT molecular complexity index is 334. The molecule has 2 N–H and O–H groups in total. The Kier molecular flexibility index (Phi) is 4.63. The molecule has 0 bridgehead atoms. The van der Waals surface area contributed by atoms with Crippen molar-refractivity contribution in [3.63, 3.8) is 0 Å². The number of carboxylic acid groups (broad SMARTS) is 1. The van der Waals surface area contributed by atoms with Crippen molar-refractivity contribution in [1.29, 1.82) is 0 Å². The highest BCUT2D eigenvalue weighted by atomic mass is 16.5. The quantitative estimate of drug-likeness (QED) is 0.808. The third-order valence-corrected chi connectivity index (χ3v) is 3.92. The van der Waals surface area contributed by atoms with Gasteiger partial charge in [-0.25, -0.2) is 4.79 Å². The second-order valence-corrected chi connectivity index (χ2v) is 5.39. The molecule has 1 aliphatic carbocycles. The molecule has 1 spiro atoms. The average Bonchev–Trinajstić information content (AvgIpc) is 2.39. The lowest BCUT2D eigenvalue weighted by molar-refractivity contribution is -0.136. The van der Waals surface area contributed by atoms with E-state index in [1.54, 1.807) is 4.90 Å². The van der Waals surface area contributed by atoms with Gasteiger partial charge in [0.1, 0.15) is 0 Å². The Morgan fingerprint density at radius 1 is 1.26 bits per heavy atom. The number of ether oxygens (including phenoxy) is 1. The van der Waals surface area contributed by atoms with E-state index in [4.69, 9.17) is 9.84 Å². The number of urea groups is 1. The number of morpholine rings is 1. The molecule has 6 heteroatoms. The first kappa shape index (κ1) is 14.1. The maximum Gasteiger partial charge on any atom is 0.317 e. The molecule has 2 aliphatic rings. The highest BCUT2D eigenvalue weighted by molar-refractivity contribution is 5.75. The van der Waals surface area contributed by atoms with Gasteiger partial charge in [-0.2, -0.15) is 0 Å². The van der Waals surface area contributed by atoms with Crippen LogP contribution in [0.4, 0.5) is 4.79 Å². The number of nitrogens with one attached hydrogen (secondary N) is 1. The first-order valence-electron chi connectivity index (χ1n) is 7.00. The third-order valence-electron chi connectivity index (χ3n) is 3.92. The van der Waals surface area contributed by atoms with E-state index in [1.165, 1.54) is 6.42 Å². The average molecular weight is 270 g/mol. The number of hydrogen-bond acceptors (Lipinski definition) is 3. The standard InChI is InChI=1S/C13H22N2O4/c16-11(17)4-7-14-12(18)15-8-9-19-13(10-15)5-2-1-3-6-13/h1-10H2,(H,14,18)(H,16,17). The van der Waals surface area contributed by atoms with Crippen LogP contribution in [0, 0.1) is 0 Å². The van der Waals surface area contributed by atoms with Gasteiger partial charge in [-0.15, -0.1) is 0 Å². The monoisotopic (exact) mass is 270 g/mol. The molecule has 0 atom stereocenters. The van der Waals surface area contributed by atoms with Crippen LogP contribution in [0.2, 0.25) is 0 Å². The van der Waals surface area contributed by atoms with Gasteiger partial charge >= 0.3 is 12.0 Å². The number of rotatable bonds is 3. The third kappa shape index (κ3) is 3.83. The number of aliphatic carboxylic acids is 1. The van der Waals surface area contributed by atoms with Crippen molar-refractivity contribution >= 4 is 12.0 Å². The maximum atomic E-state index is 12.0. The molecule has 6 nitrogen and oxygen atoms in total. The SMILES string of the molecule is O=C(O)CCNC(=O)N1CCOC2(CCCCC2)C1. The zero-order valence-corrected chi connectivity index (χ0v) is 11.2.